The van der Waals surface area contributed by atoms with Gasteiger partial charge in [0, 0.05) is 25.4 Å². The van der Waals surface area contributed by atoms with Gasteiger partial charge in [-0.3, -0.25) is 5.41 Å². The van der Waals surface area contributed by atoms with Crippen LogP contribution >= 0.6 is 0 Å². The molecule has 0 aliphatic rings. The molecular formula is C11H16N2O2S. The standard InChI is InChI=1S/C11H16N2O2S/c1-13(8-9-16(2,14)15)11(12)10-6-4-3-5-7-10/h3-7,12H,8-9H2,1-2H3. The smallest absolute Gasteiger partial charge is 0.149 e. The number of hydrogen-bond acceptors (Lipinski definition) is 3. The third-order valence-corrected chi connectivity index (χ3v) is 3.15. The highest BCUT2D eigenvalue weighted by atomic mass is 32.2. The van der Waals surface area contributed by atoms with Crippen LogP contribution in [0.15, 0.2) is 30.3 Å². The van der Waals surface area contributed by atoms with Gasteiger partial charge in [-0.15, -0.1) is 0 Å². The lowest BCUT2D eigenvalue weighted by Gasteiger charge is -2.19. The maximum absolute atomic E-state index is 11.0. The van der Waals surface area contributed by atoms with E-state index in [1.54, 1.807) is 11.9 Å². The zero-order chi connectivity index (χ0) is 12.2. The molecule has 4 nitrogen and oxygen atoms in total. The first kappa shape index (κ1) is 12.7. The van der Waals surface area contributed by atoms with E-state index < -0.39 is 9.84 Å². The molecule has 0 bridgehead atoms. The molecule has 0 aliphatic heterocycles. The van der Waals surface area contributed by atoms with Crippen LogP contribution in [0.2, 0.25) is 0 Å². The molecule has 0 spiro atoms. The zero-order valence-electron chi connectivity index (χ0n) is 9.47. The summed E-state index contributed by atoms with van der Waals surface area (Å²) in [5.41, 5.74) is 0.790. The average Bonchev–Trinajstić information content (AvgIpc) is 2.25. The highest BCUT2D eigenvalue weighted by molar-refractivity contribution is 7.90. The fraction of sp³-hybridized carbons (Fsp3) is 0.364. The van der Waals surface area contributed by atoms with Gasteiger partial charge in [0.2, 0.25) is 0 Å². The van der Waals surface area contributed by atoms with Gasteiger partial charge in [0.1, 0.15) is 15.7 Å². The second-order valence-corrected chi connectivity index (χ2v) is 6.03. The van der Waals surface area contributed by atoms with Crippen LogP contribution in [-0.4, -0.2) is 44.8 Å². The quantitative estimate of drug-likeness (QED) is 0.630. The fourth-order valence-corrected chi connectivity index (χ4v) is 1.84. The van der Waals surface area contributed by atoms with E-state index in [9.17, 15) is 8.42 Å². The number of rotatable bonds is 4. The number of amidine groups is 1. The Bertz CT molecular complexity index is 454. The van der Waals surface area contributed by atoms with Crippen molar-refractivity contribution >= 4 is 15.7 Å². The zero-order valence-corrected chi connectivity index (χ0v) is 10.3. The summed E-state index contributed by atoms with van der Waals surface area (Å²) in [4.78, 5) is 1.64. The van der Waals surface area contributed by atoms with Crippen LogP contribution in [0, 0.1) is 5.41 Å². The van der Waals surface area contributed by atoms with Gasteiger partial charge in [-0.1, -0.05) is 30.3 Å². The minimum absolute atomic E-state index is 0.0682. The van der Waals surface area contributed by atoms with Crippen LogP contribution in [0.25, 0.3) is 0 Å². The molecule has 1 aromatic carbocycles. The molecule has 5 heteroatoms. The van der Waals surface area contributed by atoms with Gasteiger partial charge in [0.05, 0.1) is 5.75 Å². The van der Waals surface area contributed by atoms with E-state index in [-0.39, 0.29) is 5.75 Å². The summed E-state index contributed by atoms with van der Waals surface area (Å²) in [7, 11) is -1.25. The molecular weight excluding hydrogens is 224 g/mol. The van der Waals surface area contributed by atoms with E-state index in [0.717, 1.165) is 5.56 Å². The van der Waals surface area contributed by atoms with E-state index in [2.05, 4.69) is 0 Å². The van der Waals surface area contributed by atoms with Gasteiger partial charge in [0.15, 0.2) is 0 Å². The molecule has 0 fully saturated rings. The Morgan fingerprint density at radius 2 is 1.88 bits per heavy atom. The van der Waals surface area contributed by atoms with E-state index in [1.807, 2.05) is 30.3 Å². The number of benzene rings is 1. The summed E-state index contributed by atoms with van der Waals surface area (Å²) >= 11 is 0. The van der Waals surface area contributed by atoms with Gasteiger partial charge in [-0.2, -0.15) is 0 Å². The van der Waals surface area contributed by atoms with Gasteiger partial charge >= 0.3 is 0 Å². The fourth-order valence-electron chi connectivity index (χ4n) is 1.23. The second-order valence-electron chi connectivity index (χ2n) is 3.77. The molecule has 0 saturated heterocycles. The van der Waals surface area contributed by atoms with Crippen LogP contribution in [-0.2, 0) is 9.84 Å². The molecule has 16 heavy (non-hydrogen) atoms. The van der Waals surface area contributed by atoms with E-state index in [4.69, 9.17) is 5.41 Å². The number of nitrogens with zero attached hydrogens (tertiary/aromatic N) is 1. The molecule has 0 atom stereocenters. The molecule has 0 saturated carbocycles. The molecule has 0 unspecified atom stereocenters. The molecule has 1 rings (SSSR count). The van der Waals surface area contributed by atoms with E-state index in [1.165, 1.54) is 6.26 Å². The van der Waals surface area contributed by atoms with Crippen LogP contribution in [0.5, 0.6) is 0 Å². The summed E-state index contributed by atoms with van der Waals surface area (Å²) in [5, 5.41) is 7.87. The van der Waals surface area contributed by atoms with Crippen molar-refractivity contribution in [2.24, 2.45) is 0 Å². The summed E-state index contributed by atoms with van der Waals surface area (Å²) in [6.07, 6.45) is 1.20. The molecule has 0 aliphatic carbocycles. The van der Waals surface area contributed by atoms with Crippen molar-refractivity contribution in [1.29, 1.82) is 5.41 Å². The van der Waals surface area contributed by atoms with Crippen molar-refractivity contribution in [3.63, 3.8) is 0 Å². The monoisotopic (exact) mass is 240 g/mol. The van der Waals surface area contributed by atoms with Crippen molar-refractivity contribution in [2.75, 3.05) is 25.6 Å². The van der Waals surface area contributed by atoms with Crippen molar-refractivity contribution in [3.05, 3.63) is 35.9 Å². The molecule has 0 heterocycles. The van der Waals surface area contributed by atoms with E-state index >= 15 is 0 Å². The Hall–Kier alpha value is -1.36. The minimum atomic E-state index is -2.97. The van der Waals surface area contributed by atoms with Crippen LogP contribution in [0.4, 0.5) is 0 Å². The maximum atomic E-state index is 11.0. The SMILES string of the molecule is CN(CCS(C)(=O)=O)C(=N)c1ccccc1. The van der Waals surface area contributed by atoms with Crippen molar-refractivity contribution in [1.82, 2.24) is 4.90 Å². The Balaban J connectivity index is 2.62. The molecule has 0 amide bonds. The second kappa shape index (κ2) is 5.12. The van der Waals surface area contributed by atoms with Gasteiger partial charge in [0.25, 0.3) is 0 Å². The lowest BCUT2D eigenvalue weighted by Crippen LogP contribution is -2.31. The Morgan fingerprint density at radius 3 is 2.38 bits per heavy atom. The van der Waals surface area contributed by atoms with Gasteiger partial charge in [-0.05, 0) is 0 Å². The van der Waals surface area contributed by atoms with Crippen LogP contribution in [0.3, 0.4) is 0 Å². The molecule has 1 aromatic rings. The van der Waals surface area contributed by atoms with Gasteiger partial charge < -0.3 is 4.90 Å². The van der Waals surface area contributed by atoms with E-state index in [0.29, 0.717) is 12.4 Å². The predicted molar refractivity (Wildman–Crippen MR) is 65.6 cm³/mol. The highest BCUT2D eigenvalue weighted by Gasteiger charge is 2.09. The predicted octanol–water partition coefficient (Wildman–Crippen LogP) is 0.988. The average molecular weight is 240 g/mol. The van der Waals surface area contributed by atoms with Crippen LogP contribution in [0.1, 0.15) is 5.56 Å². The third-order valence-electron chi connectivity index (χ3n) is 2.23. The minimum Gasteiger partial charge on any atom is -0.359 e. The maximum Gasteiger partial charge on any atom is 0.149 e. The summed E-state index contributed by atoms with van der Waals surface area (Å²) < 4.78 is 22.0. The molecule has 88 valence electrons. The topological polar surface area (TPSA) is 61.2 Å². The van der Waals surface area contributed by atoms with Crippen molar-refractivity contribution in [2.45, 2.75) is 0 Å². The molecule has 0 radical (unpaired) electrons. The van der Waals surface area contributed by atoms with Gasteiger partial charge in [-0.25, -0.2) is 8.42 Å². The molecule has 0 aromatic heterocycles. The lowest BCUT2D eigenvalue weighted by molar-refractivity contribution is 0.524. The number of hydrogen-bond donors (Lipinski definition) is 1. The summed E-state index contributed by atoms with van der Waals surface area (Å²) in [6.45, 7) is 0.340. The largest absolute Gasteiger partial charge is 0.359 e. The first-order chi connectivity index (χ1) is 7.40. The summed E-state index contributed by atoms with van der Waals surface area (Å²) in [5.74, 6) is 0.405. The van der Waals surface area contributed by atoms with Crippen molar-refractivity contribution < 1.29 is 8.42 Å². The number of sulfone groups is 1. The van der Waals surface area contributed by atoms with Crippen LogP contribution < -0.4 is 0 Å². The van der Waals surface area contributed by atoms with Crippen molar-refractivity contribution in [3.8, 4) is 0 Å². The highest BCUT2D eigenvalue weighted by Crippen LogP contribution is 2.02. The molecule has 1 N–H and O–H groups in total. The normalized spacial score (nSPS) is 11.1. The Morgan fingerprint density at radius 1 is 1.31 bits per heavy atom. The Labute approximate surface area is 96.3 Å². The third kappa shape index (κ3) is 4.02. The number of nitrogens with one attached hydrogen (secondary N) is 1. The summed E-state index contributed by atoms with van der Waals surface area (Å²) in [6, 6.07) is 9.26. The first-order valence-corrected chi connectivity index (χ1v) is 6.99. The first-order valence-electron chi connectivity index (χ1n) is 4.93. The lowest BCUT2D eigenvalue weighted by atomic mass is 10.2. The Kier molecular flexibility index (Phi) is 4.06.